The van der Waals surface area contributed by atoms with E-state index in [1.165, 1.54) is 41.5 Å². The van der Waals surface area contributed by atoms with Gasteiger partial charge in [-0.1, -0.05) is 18.2 Å². The number of aliphatic hydroxyl groups is 1. The predicted octanol–water partition coefficient (Wildman–Crippen LogP) is 3.99. The Bertz CT molecular complexity index is 1140. The maximum absolute atomic E-state index is 13.9. The monoisotopic (exact) mass is 404 g/mol. The smallest absolute Gasteiger partial charge is 0.290 e. The Hall–Kier alpha value is -4.00. The van der Waals surface area contributed by atoms with Gasteiger partial charge in [0.05, 0.1) is 17.9 Å². The zero-order valence-corrected chi connectivity index (χ0v) is 15.7. The molecule has 0 radical (unpaired) electrons. The molecule has 0 bridgehead atoms. The predicted molar refractivity (Wildman–Crippen MR) is 106 cm³/mol. The van der Waals surface area contributed by atoms with E-state index in [-0.39, 0.29) is 12.1 Å². The Morgan fingerprint density at radius 1 is 1.23 bits per heavy atom. The molecular formula is C23H17FN2O4. The number of furan rings is 1. The number of allylic oxidation sites excluding steroid dienone is 1. The summed E-state index contributed by atoms with van der Waals surface area (Å²) in [6, 6.07) is 11.5. The van der Waals surface area contributed by atoms with Crippen LogP contribution in [0.5, 0.6) is 0 Å². The van der Waals surface area contributed by atoms with E-state index < -0.39 is 29.3 Å². The van der Waals surface area contributed by atoms with Crippen molar-refractivity contribution in [1.29, 1.82) is 0 Å². The lowest BCUT2D eigenvalue weighted by Gasteiger charge is -2.26. The summed E-state index contributed by atoms with van der Waals surface area (Å²) in [6.45, 7) is 0.0938. The average molecular weight is 404 g/mol. The molecule has 0 spiro atoms. The van der Waals surface area contributed by atoms with Gasteiger partial charge in [-0.25, -0.2) is 4.39 Å². The van der Waals surface area contributed by atoms with Gasteiger partial charge in [-0.05, 0) is 53.6 Å². The number of benzene rings is 1. The van der Waals surface area contributed by atoms with Crippen LogP contribution in [0.1, 0.15) is 22.9 Å². The zero-order valence-electron chi connectivity index (χ0n) is 15.7. The van der Waals surface area contributed by atoms with Gasteiger partial charge in [0.15, 0.2) is 11.5 Å². The standard InChI is InChI=1S/C23H17FN2O4/c24-17-6-1-5-16(12-17)21-20(19(27)9-8-18-7-3-11-30-18)22(28)23(29)26(21)14-15-4-2-10-25-13-15/h1-13,21,28H,14H2. The SMILES string of the molecule is O=C(C=Cc1ccco1)C1=C(O)C(=O)N(Cc2cccnc2)C1c1cccc(F)c1. The van der Waals surface area contributed by atoms with Crippen molar-refractivity contribution in [1.82, 2.24) is 9.88 Å². The number of hydrogen-bond donors (Lipinski definition) is 1. The first-order valence-corrected chi connectivity index (χ1v) is 9.19. The first-order valence-electron chi connectivity index (χ1n) is 9.19. The van der Waals surface area contributed by atoms with Crippen LogP contribution in [0.25, 0.3) is 6.08 Å². The van der Waals surface area contributed by atoms with E-state index in [2.05, 4.69) is 4.98 Å². The van der Waals surface area contributed by atoms with E-state index >= 15 is 0 Å². The van der Waals surface area contributed by atoms with Gasteiger partial charge in [-0.15, -0.1) is 0 Å². The molecule has 4 rings (SSSR count). The van der Waals surface area contributed by atoms with Crippen LogP contribution in [0, 0.1) is 5.82 Å². The number of aliphatic hydroxyl groups excluding tert-OH is 1. The molecule has 1 N–H and O–H groups in total. The minimum absolute atomic E-state index is 0.0938. The molecule has 0 saturated heterocycles. The average Bonchev–Trinajstić information content (AvgIpc) is 3.35. The highest BCUT2D eigenvalue weighted by molar-refractivity contribution is 6.14. The normalized spacial score (nSPS) is 16.6. The third-order valence-electron chi connectivity index (χ3n) is 4.75. The van der Waals surface area contributed by atoms with Crippen LogP contribution in [0.2, 0.25) is 0 Å². The molecule has 0 aliphatic carbocycles. The van der Waals surface area contributed by atoms with Gasteiger partial charge in [-0.2, -0.15) is 0 Å². The Balaban J connectivity index is 1.74. The minimum atomic E-state index is -0.942. The minimum Gasteiger partial charge on any atom is -0.503 e. The van der Waals surface area contributed by atoms with Crippen molar-refractivity contribution in [2.75, 3.05) is 0 Å². The van der Waals surface area contributed by atoms with Crippen molar-refractivity contribution in [2.24, 2.45) is 0 Å². The number of carbonyl (C=O) groups is 2. The number of ketones is 1. The summed E-state index contributed by atoms with van der Waals surface area (Å²) < 4.78 is 19.1. The number of amides is 1. The molecule has 7 heteroatoms. The van der Waals surface area contributed by atoms with E-state index in [1.807, 2.05) is 0 Å². The largest absolute Gasteiger partial charge is 0.503 e. The van der Waals surface area contributed by atoms with Crippen molar-refractivity contribution >= 4 is 17.8 Å². The molecule has 3 heterocycles. The Morgan fingerprint density at radius 3 is 2.80 bits per heavy atom. The number of nitrogens with zero attached hydrogens (tertiary/aromatic N) is 2. The molecule has 6 nitrogen and oxygen atoms in total. The second kappa shape index (κ2) is 8.16. The highest BCUT2D eigenvalue weighted by Gasteiger charge is 2.43. The fourth-order valence-corrected chi connectivity index (χ4v) is 3.41. The van der Waals surface area contributed by atoms with Gasteiger partial charge < -0.3 is 14.4 Å². The summed E-state index contributed by atoms with van der Waals surface area (Å²) >= 11 is 0. The number of hydrogen-bond acceptors (Lipinski definition) is 5. The molecule has 1 aromatic carbocycles. The lowest BCUT2D eigenvalue weighted by atomic mass is 9.95. The summed E-state index contributed by atoms with van der Waals surface area (Å²) in [7, 11) is 0. The molecule has 0 saturated carbocycles. The molecule has 3 aromatic rings. The Morgan fingerprint density at radius 2 is 2.10 bits per heavy atom. The topological polar surface area (TPSA) is 83.6 Å². The molecular weight excluding hydrogens is 387 g/mol. The summed E-state index contributed by atoms with van der Waals surface area (Å²) in [4.78, 5) is 31.1. The number of carbonyl (C=O) groups excluding carboxylic acids is 2. The van der Waals surface area contributed by atoms with Crippen LogP contribution in [-0.2, 0) is 16.1 Å². The second-order valence-electron chi connectivity index (χ2n) is 6.73. The highest BCUT2D eigenvalue weighted by Crippen LogP contribution is 2.39. The molecule has 150 valence electrons. The number of pyridine rings is 1. The molecule has 2 aromatic heterocycles. The van der Waals surface area contributed by atoms with E-state index in [1.54, 1.807) is 42.7 Å². The van der Waals surface area contributed by atoms with Gasteiger partial charge in [-0.3, -0.25) is 14.6 Å². The summed E-state index contributed by atoms with van der Waals surface area (Å²) in [5, 5.41) is 10.5. The van der Waals surface area contributed by atoms with Gasteiger partial charge in [0.2, 0.25) is 0 Å². The fraction of sp³-hybridized carbons (Fsp3) is 0.0870. The lowest BCUT2D eigenvalue weighted by molar-refractivity contribution is -0.130. The molecule has 1 aliphatic heterocycles. The Labute approximate surface area is 171 Å². The van der Waals surface area contributed by atoms with Crippen LogP contribution < -0.4 is 0 Å². The first kappa shape index (κ1) is 19.3. The van der Waals surface area contributed by atoms with Crippen LogP contribution in [0.15, 0.2) is 89.0 Å². The summed E-state index contributed by atoms with van der Waals surface area (Å²) in [6.07, 6.45) is 7.31. The molecule has 1 atom stereocenters. The van der Waals surface area contributed by atoms with E-state index in [9.17, 15) is 19.1 Å². The van der Waals surface area contributed by atoms with Gasteiger partial charge >= 0.3 is 0 Å². The third-order valence-corrected chi connectivity index (χ3v) is 4.75. The number of rotatable bonds is 6. The van der Waals surface area contributed by atoms with Gasteiger partial charge in [0.25, 0.3) is 5.91 Å². The second-order valence-corrected chi connectivity index (χ2v) is 6.73. The van der Waals surface area contributed by atoms with Crippen molar-refractivity contribution in [2.45, 2.75) is 12.6 Å². The van der Waals surface area contributed by atoms with Crippen molar-refractivity contribution < 1.29 is 23.5 Å². The highest BCUT2D eigenvalue weighted by atomic mass is 19.1. The van der Waals surface area contributed by atoms with E-state index in [0.29, 0.717) is 16.9 Å². The molecule has 1 aliphatic rings. The fourth-order valence-electron chi connectivity index (χ4n) is 3.41. The maximum atomic E-state index is 13.9. The number of halogens is 1. The Kier molecular flexibility index (Phi) is 5.26. The zero-order chi connectivity index (χ0) is 21.1. The molecule has 1 unspecified atom stereocenters. The van der Waals surface area contributed by atoms with Crippen LogP contribution in [0.4, 0.5) is 4.39 Å². The molecule has 30 heavy (non-hydrogen) atoms. The van der Waals surface area contributed by atoms with Crippen LogP contribution in [-0.4, -0.2) is 26.7 Å². The van der Waals surface area contributed by atoms with Crippen LogP contribution >= 0.6 is 0 Å². The van der Waals surface area contributed by atoms with Crippen molar-refractivity contribution in [3.05, 3.63) is 107 Å². The maximum Gasteiger partial charge on any atom is 0.290 e. The quantitative estimate of drug-likeness (QED) is 0.628. The van der Waals surface area contributed by atoms with E-state index in [4.69, 9.17) is 4.42 Å². The van der Waals surface area contributed by atoms with Crippen molar-refractivity contribution in [3.63, 3.8) is 0 Å². The van der Waals surface area contributed by atoms with Crippen LogP contribution in [0.3, 0.4) is 0 Å². The van der Waals surface area contributed by atoms with Gasteiger partial charge in [0.1, 0.15) is 11.6 Å². The van der Waals surface area contributed by atoms with Crippen molar-refractivity contribution in [3.8, 4) is 0 Å². The summed E-state index contributed by atoms with van der Waals surface area (Å²) in [5.74, 6) is -1.99. The third kappa shape index (κ3) is 3.77. The molecule has 0 fully saturated rings. The lowest BCUT2D eigenvalue weighted by Crippen LogP contribution is -2.30. The summed E-state index contributed by atoms with van der Waals surface area (Å²) in [5.41, 5.74) is 0.975. The van der Waals surface area contributed by atoms with Gasteiger partial charge in [0, 0.05) is 18.9 Å². The first-order chi connectivity index (χ1) is 14.5. The van der Waals surface area contributed by atoms with E-state index in [0.717, 1.165) is 0 Å². The molecule has 1 amide bonds. The number of aromatic nitrogens is 1.